The number of amides is 2. The smallest absolute Gasteiger partial charge is 0.268 e. The third-order valence-corrected chi connectivity index (χ3v) is 3.97. The number of hydrogen-bond donors (Lipinski definition) is 2. The summed E-state index contributed by atoms with van der Waals surface area (Å²) in [7, 11) is 0. The van der Waals surface area contributed by atoms with E-state index in [0.29, 0.717) is 16.3 Å². The van der Waals surface area contributed by atoms with E-state index < -0.39 is 5.91 Å². The molecule has 0 spiro atoms. The molecule has 0 radical (unpaired) electrons. The van der Waals surface area contributed by atoms with Crippen LogP contribution in [0, 0.1) is 0 Å². The van der Waals surface area contributed by atoms with Crippen molar-refractivity contribution in [3.05, 3.63) is 101 Å². The molecule has 2 aromatic carbocycles. The zero-order chi connectivity index (χ0) is 19.1. The molecule has 1 heterocycles. The predicted octanol–water partition coefficient (Wildman–Crippen LogP) is 4.02. The summed E-state index contributed by atoms with van der Waals surface area (Å²) >= 11 is 5.90. The van der Waals surface area contributed by atoms with Gasteiger partial charge in [-0.2, -0.15) is 0 Å². The van der Waals surface area contributed by atoms with E-state index in [1.54, 1.807) is 66.7 Å². The van der Waals surface area contributed by atoms with E-state index in [9.17, 15) is 9.59 Å². The minimum atomic E-state index is -0.425. The van der Waals surface area contributed by atoms with Crippen molar-refractivity contribution in [1.29, 1.82) is 0 Å². The van der Waals surface area contributed by atoms with Crippen molar-refractivity contribution in [2.75, 3.05) is 0 Å². The molecule has 6 heteroatoms. The van der Waals surface area contributed by atoms with E-state index in [1.165, 1.54) is 6.26 Å². The van der Waals surface area contributed by atoms with Gasteiger partial charge in [0.05, 0.1) is 12.8 Å². The van der Waals surface area contributed by atoms with Crippen molar-refractivity contribution in [2.24, 2.45) is 0 Å². The van der Waals surface area contributed by atoms with Crippen molar-refractivity contribution in [2.45, 2.75) is 6.54 Å². The Kier molecular flexibility index (Phi) is 6.07. The second kappa shape index (κ2) is 8.87. The molecule has 0 saturated heterocycles. The molecule has 0 unspecified atom stereocenters. The zero-order valence-corrected chi connectivity index (χ0v) is 15.1. The monoisotopic (exact) mass is 380 g/mol. The van der Waals surface area contributed by atoms with Gasteiger partial charge in [0.2, 0.25) is 0 Å². The van der Waals surface area contributed by atoms with Crippen LogP contribution in [0.2, 0.25) is 5.02 Å². The highest BCUT2D eigenvalue weighted by Gasteiger charge is 2.15. The summed E-state index contributed by atoms with van der Waals surface area (Å²) in [6.07, 6.45) is 3.12. The lowest BCUT2D eigenvalue weighted by atomic mass is 10.1. The summed E-state index contributed by atoms with van der Waals surface area (Å²) in [5.41, 5.74) is 1.31. The van der Waals surface area contributed by atoms with E-state index >= 15 is 0 Å². The van der Waals surface area contributed by atoms with Crippen molar-refractivity contribution >= 4 is 29.5 Å². The van der Waals surface area contributed by atoms with Crippen LogP contribution in [0.5, 0.6) is 0 Å². The molecular weight excluding hydrogens is 364 g/mol. The molecule has 1 aromatic heterocycles. The van der Waals surface area contributed by atoms with Gasteiger partial charge in [0.1, 0.15) is 11.5 Å². The molecule has 0 atom stereocenters. The highest BCUT2D eigenvalue weighted by molar-refractivity contribution is 6.30. The highest BCUT2D eigenvalue weighted by atomic mass is 35.5. The lowest BCUT2D eigenvalue weighted by Crippen LogP contribution is -2.34. The Bertz CT molecular complexity index is 933. The minimum absolute atomic E-state index is 0.123. The molecular formula is C21H17ClN2O3. The SMILES string of the molecule is O=C(NCc1ccco1)C(=Cc1ccc(Cl)cc1)NC(=O)c1ccccc1. The predicted molar refractivity (Wildman–Crippen MR) is 104 cm³/mol. The standard InChI is InChI=1S/C21H17ClN2O3/c22-17-10-8-15(9-11-17)13-19(21(26)23-14-18-7-4-12-27-18)24-20(25)16-5-2-1-3-6-16/h1-13H,14H2,(H,23,26)(H,24,25). The first kappa shape index (κ1) is 18.5. The maximum absolute atomic E-state index is 12.6. The Morgan fingerprint density at radius 3 is 2.37 bits per heavy atom. The Morgan fingerprint density at radius 1 is 0.963 bits per heavy atom. The molecule has 2 amide bonds. The van der Waals surface area contributed by atoms with Crippen LogP contribution in [0.3, 0.4) is 0 Å². The number of carbonyl (C=O) groups excluding carboxylic acids is 2. The molecule has 5 nitrogen and oxygen atoms in total. The van der Waals surface area contributed by atoms with E-state index in [1.807, 2.05) is 6.07 Å². The lowest BCUT2D eigenvalue weighted by Gasteiger charge is -2.11. The summed E-state index contributed by atoms with van der Waals surface area (Å²) in [4.78, 5) is 25.1. The van der Waals surface area contributed by atoms with Gasteiger partial charge in [0.15, 0.2) is 0 Å². The van der Waals surface area contributed by atoms with Gasteiger partial charge in [-0.25, -0.2) is 0 Å². The topological polar surface area (TPSA) is 71.3 Å². The fraction of sp³-hybridized carbons (Fsp3) is 0.0476. The van der Waals surface area contributed by atoms with Crippen LogP contribution in [-0.2, 0) is 11.3 Å². The quantitative estimate of drug-likeness (QED) is 0.634. The number of carbonyl (C=O) groups is 2. The van der Waals surface area contributed by atoms with Gasteiger partial charge < -0.3 is 15.1 Å². The number of furan rings is 1. The van der Waals surface area contributed by atoms with Crippen LogP contribution in [0.1, 0.15) is 21.7 Å². The van der Waals surface area contributed by atoms with Crippen molar-refractivity contribution in [3.63, 3.8) is 0 Å². The Morgan fingerprint density at radius 2 is 1.70 bits per heavy atom. The van der Waals surface area contributed by atoms with Crippen LogP contribution in [-0.4, -0.2) is 11.8 Å². The summed E-state index contributed by atoms with van der Waals surface area (Å²) in [5.74, 6) is -0.182. The molecule has 3 aromatic rings. The molecule has 136 valence electrons. The summed E-state index contributed by atoms with van der Waals surface area (Å²) in [6, 6.07) is 19.1. The molecule has 2 N–H and O–H groups in total. The first-order valence-electron chi connectivity index (χ1n) is 8.26. The molecule has 0 fully saturated rings. The maximum Gasteiger partial charge on any atom is 0.268 e. The number of rotatable bonds is 6. The number of nitrogens with one attached hydrogen (secondary N) is 2. The number of benzene rings is 2. The highest BCUT2D eigenvalue weighted by Crippen LogP contribution is 2.13. The Labute approximate surface area is 161 Å². The van der Waals surface area contributed by atoms with Crippen LogP contribution < -0.4 is 10.6 Å². The largest absolute Gasteiger partial charge is 0.467 e. The minimum Gasteiger partial charge on any atom is -0.467 e. The average Bonchev–Trinajstić information content (AvgIpc) is 3.21. The fourth-order valence-electron chi connectivity index (χ4n) is 2.34. The molecule has 0 saturated carbocycles. The van der Waals surface area contributed by atoms with Gasteiger partial charge in [-0.3, -0.25) is 9.59 Å². The van der Waals surface area contributed by atoms with Gasteiger partial charge in [-0.05, 0) is 48.0 Å². The van der Waals surface area contributed by atoms with Crippen molar-refractivity contribution in [1.82, 2.24) is 10.6 Å². The van der Waals surface area contributed by atoms with E-state index in [2.05, 4.69) is 10.6 Å². The normalized spacial score (nSPS) is 11.1. The molecule has 0 aliphatic carbocycles. The Balaban J connectivity index is 1.80. The van der Waals surface area contributed by atoms with Crippen LogP contribution in [0.25, 0.3) is 6.08 Å². The van der Waals surface area contributed by atoms with E-state index in [-0.39, 0.29) is 18.1 Å². The summed E-state index contributed by atoms with van der Waals surface area (Å²) in [5, 5.41) is 5.99. The molecule has 3 rings (SSSR count). The number of hydrogen-bond acceptors (Lipinski definition) is 3. The summed E-state index contributed by atoms with van der Waals surface area (Å²) < 4.78 is 5.21. The lowest BCUT2D eigenvalue weighted by molar-refractivity contribution is -0.118. The zero-order valence-electron chi connectivity index (χ0n) is 14.3. The van der Waals surface area contributed by atoms with Crippen LogP contribution in [0.4, 0.5) is 0 Å². The molecule has 0 bridgehead atoms. The molecule has 27 heavy (non-hydrogen) atoms. The summed E-state index contributed by atoms with van der Waals surface area (Å²) in [6.45, 7) is 0.213. The van der Waals surface area contributed by atoms with E-state index in [4.69, 9.17) is 16.0 Å². The third-order valence-electron chi connectivity index (χ3n) is 3.71. The maximum atomic E-state index is 12.6. The first-order chi connectivity index (χ1) is 13.1. The average molecular weight is 381 g/mol. The molecule has 0 aliphatic rings. The third kappa shape index (κ3) is 5.33. The van der Waals surface area contributed by atoms with Crippen LogP contribution in [0.15, 0.2) is 83.1 Å². The Hall–Kier alpha value is -3.31. The van der Waals surface area contributed by atoms with Gasteiger partial charge >= 0.3 is 0 Å². The number of halogens is 1. The van der Waals surface area contributed by atoms with Crippen molar-refractivity contribution in [3.8, 4) is 0 Å². The van der Waals surface area contributed by atoms with Crippen molar-refractivity contribution < 1.29 is 14.0 Å². The van der Waals surface area contributed by atoms with Gasteiger partial charge in [-0.1, -0.05) is 41.9 Å². The fourth-order valence-corrected chi connectivity index (χ4v) is 2.47. The van der Waals surface area contributed by atoms with Gasteiger partial charge in [0, 0.05) is 10.6 Å². The van der Waals surface area contributed by atoms with Crippen LogP contribution >= 0.6 is 11.6 Å². The van der Waals surface area contributed by atoms with Gasteiger partial charge in [-0.15, -0.1) is 0 Å². The second-order valence-corrected chi connectivity index (χ2v) is 6.13. The van der Waals surface area contributed by atoms with E-state index in [0.717, 1.165) is 5.56 Å². The second-order valence-electron chi connectivity index (χ2n) is 5.69. The first-order valence-corrected chi connectivity index (χ1v) is 8.64. The molecule has 0 aliphatic heterocycles. The van der Waals surface area contributed by atoms with Gasteiger partial charge in [0.25, 0.3) is 11.8 Å².